The van der Waals surface area contributed by atoms with Crippen molar-refractivity contribution in [2.45, 2.75) is 18.3 Å². The predicted molar refractivity (Wildman–Crippen MR) is 181 cm³/mol. The Morgan fingerprint density at radius 1 is 1.17 bits per heavy atom. The Balaban J connectivity index is 1.12. The molecule has 0 spiro atoms. The van der Waals surface area contributed by atoms with Crippen molar-refractivity contribution < 1.29 is 18.7 Å². The Morgan fingerprint density at radius 2 is 2.02 bits per heavy atom. The molecule has 0 aliphatic carbocycles. The molecule has 2 bridgehead atoms. The number of carbonyl (C=O) groups excluding carboxylic acids is 1. The van der Waals surface area contributed by atoms with Gasteiger partial charge >= 0.3 is 0 Å². The molecular formula is C31H33B2FN10O3. The first-order chi connectivity index (χ1) is 22.6. The quantitative estimate of drug-likeness (QED) is 0.207. The second-order valence-corrected chi connectivity index (χ2v) is 12.5. The van der Waals surface area contributed by atoms with E-state index < -0.39 is 5.82 Å². The van der Waals surface area contributed by atoms with Crippen LogP contribution in [0.2, 0.25) is 0 Å². The summed E-state index contributed by atoms with van der Waals surface area (Å²) in [5.41, 5.74) is 2.56. The molecule has 238 valence electrons. The fourth-order valence-corrected chi connectivity index (χ4v) is 5.55. The number of piperazine rings is 1. The Morgan fingerprint density at radius 3 is 2.85 bits per heavy atom. The second-order valence-electron chi connectivity index (χ2n) is 12.5. The van der Waals surface area contributed by atoms with Gasteiger partial charge in [0.25, 0.3) is 0 Å². The average molecular weight is 634 g/mol. The minimum atomic E-state index is -0.523. The van der Waals surface area contributed by atoms with Crippen molar-refractivity contribution in [3.05, 3.63) is 72.7 Å². The fraction of sp³-hybridized carbons (Fsp3) is 0.290. The molecule has 1 amide bonds. The number of likely N-dealkylation sites (N-methyl/N-ethyl adjacent to an activating group) is 1. The number of nitrogens with one attached hydrogen (secondary N) is 1. The maximum atomic E-state index is 15.5. The predicted octanol–water partition coefficient (Wildman–Crippen LogP) is 1.50. The van der Waals surface area contributed by atoms with Crippen LogP contribution in [-0.4, -0.2) is 113 Å². The molecule has 1 aromatic carbocycles. The van der Waals surface area contributed by atoms with E-state index in [2.05, 4.69) is 50.9 Å². The van der Waals surface area contributed by atoms with Crippen LogP contribution in [0.25, 0.3) is 16.7 Å². The molecule has 2 aliphatic rings. The molecule has 2 aliphatic heterocycles. The number of amides is 1. The third kappa shape index (κ3) is 5.91. The van der Waals surface area contributed by atoms with E-state index in [0.717, 1.165) is 0 Å². The highest BCUT2D eigenvalue weighted by atomic mass is 19.1. The zero-order chi connectivity index (χ0) is 32.9. The minimum absolute atomic E-state index is 0.0419. The molecule has 1 saturated heterocycles. The number of pyridine rings is 2. The van der Waals surface area contributed by atoms with Gasteiger partial charge in [-0.3, -0.25) is 4.79 Å². The number of hydrogen-bond donors (Lipinski definition) is 1. The lowest BCUT2D eigenvalue weighted by Crippen LogP contribution is -2.56. The van der Waals surface area contributed by atoms with Crippen LogP contribution in [0.5, 0.6) is 17.2 Å². The molecule has 0 saturated carbocycles. The summed E-state index contributed by atoms with van der Waals surface area (Å²) in [5, 5.41) is 6.94. The number of rotatable bonds is 7. The second kappa shape index (κ2) is 11.8. The van der Waals surface area contributed by atoms with Gasteiger partial charge in [-0.1, -0.05) is 6.08 Å². The Kier molecular flexibility index (Phi) is 7.66. The lowest BCUT2D eigenvalue weighted by atomic mass is 9.61. The number of ether oxygens (including phenoxy) is 2. The van der Waals surface area contributed by atoms with Gasteiger partial charge in [0.05, 0.1) is 17.2 Å². The molecule has 1 atom stereocenters. The lowest BCUT2D eigenvalue weighted by molar-refractivity contribution is -0.129. The summed E-state index contributed by atoms with van der Waals surface area (Å²) < 4.78 is 29.3. The number of halogens is 1. The van der Waals surface area contributed by atoms with Crippen molar-refractivity contribution in [1.82, 2.24) is 39.3 Å². The number of hydrogen-bond acceptors (Lipinski definition) is 11. The molecule has 1 unspecified atom stereocenters. The molecule has 6 heterocycles. The summed E-state index contributed by atoms with van der Waals surface area (Å²) in [6, 6.07) is 8.13. The zero-order valence-corrected chi connectivity index (χ0v) is 26.8. The Bertz CT molecular complexity index is 2040. The Labute approximate surface area is 272 Å². The summed E-state index contributed by atoms with van der Waals surface area (Å²) in [7, 11) is 8.09. The molecule has 7 rings (SSSR count). The van der Waals surface area contributed by atoms with Crippen molar-refractivity contribution in [3.63, 3.8) is 0 Å². The van der Waals surface area contributed by atoms with Crippen LogP contribution in [0.4, 0.5) is 21.7 Å². The number of aromatic nitrogens is 6. The van der Waals surface area contributed by atoms with Crippen LogP contribution in [0.3, 0.4) is 0 Å². The zero-order valence-electron chi connectivity index (χ0n) is 26.8. The Hall–Kier alpha value is -5.24. The third-order valence-electron chi connectivity index (χ3n) is 8.84. The highest BCUT2D eigenvalue weighted by Crippen LogP contribution is 2.37. The van der Waals surface area contributed by atoms with Crippen LogP contribution >= 0.6 is 0 Å². The normalized spacial score (nSPS) is 16.4. The van der Waals surface area contributed by atoms with Gasteiger partial charge < -0.3 is 29.5 Å². The van der Waals surface area contributed by atoms with Crippen molar-refractivity contribution in [1.29, 1.82) is 0 Å². The van der Waals surface area contributed by atoms with Gasteiger partial charge in [-0.2, -0.15) is 5.10 Å². The summed E-state index contributed by atoms with van der Waals surface area (Å²) in [4.78, 5) is 37.2. The van der Waals surface area contributed by atoms with Crippen LogP contribution in [-0.2, 0) is 4.79 Å². The fourth-order valence-electron chi connectivity index (χ4n) is 5.55. The third-order valence-corrected chi connectivity index (χ3v) is 8.84. The molecule has 1 N–H and O–H groups in total. The first kappa shape index (κ1) is 30.4. The van der Waals surface area contributed by atoms with Crippen molar-refractivity contribution in [2.24, 2.45) is 0 Å². The monoisotopic (exact) mass is 634 g/mol. The van der Waals surface area contributed by atoms with Gasteiger partial charge in [0.1, 0.15) is 57.8 Å². The van der Waals surface area contributed by atoms with Crippen LogP contribution < -0.4 is 19.7 Å². The summed E-state index contributed by atoms with van der Waals surface area (Å²) in [6.45, 7) is 3.84. The largest absolute Gasteiger partial charge is 0.487 e. The van der Waals surface area contributed by atoms with Gasteiger partial charge in [-0.25, -0.2) is 28.8 Å². The number of fused-ring (bicyclic) bond motifs is 6. The van der Waals surface area contributed by atoms with E-state index in [9.17, 15) is 4.79 Å². The number of carbonyl (C=O) groups is 1. The standard InChI is InChI=1S/C31H33B2FN10O3/c1-18-10-22(21(34)12-24(18)47-20-5-7-44-26(11-20)36-17-38-44)39-29-28-23(35-16-37-29)13-25-30(40-28)42-8-9-43(19(14-42)15-46-25)27(45)4-6-31(32,33)41(2)3/h4-7,10-13,16-17,19H,8-9,14-15,32-33H2,1-3H3,(H,35,37,39)/b6-4+. The lowest BCUT2D eigenvalue weighted by Gasteiger charge is -2.39. The number of anilines is 3. The summed E-state index contributed by atoms with van der Waals surface area (Å²) in [6.07, 6.45) is 8.17. The molecule has 4 aromatic heterocycles. The number of aryl methyl sites for hydroxylation is 1. The maximum absolute atomic E-state index is 15.5. The van der Waals surface area contributed by atoms with Crippen molar-refractivity contribution in [2.75, 3.05) is 50.6 Å². The molecule has 16 heteroatoms. The first-order valence-corrected chi connectivity index (χ1v) is 15.3. The molecule has 0 radical (unpaired) electrons. The number of benzene rings is 1. The van der Waals surface area contributed by atoms with Gasteiger partial charge in [0.15, 0.2) is 23.0 Å². The number of nitrogens with zero attached hydrogens (tertiary/aromatic N) is 9. The van der Waals surface area contributed by atoms with E-state index in [-0.39, 0.29) is 23.0 Å². The summed E-state index contributed by atoms with van der Waals surface area (Å²) >= 11 is 0. The van der Waals surface area contributed by atoms with E-state index in [1.807, 2.05) is 38.1 Å². The first-order valence-electron chi connectivity index (χ1n) is 15.3. The van der Waals surface area contributed by atoms with Gasteiger partial charge in [-0.05, 0) is 50.1 Å². The van der Waals surface area contributed by atoms with E-state index in [4.69, 9.17) is 14.5 Å². The van der Waals surface area contributed by atoms with Crippen LogP contribution in [0.1, 0.15) is 5.56 Å². The van der Waals surface area contributed by atoms with Gasteiger partial charge in [0.2, 0.25) is 5.91 Å². The van der Waals surface area contributed by atoms with Gasteiger partial charge in [0, 0.05) is 44.0 Å². The van der Waals surface area contributed by atoms with Gasteiger partial charge in [-0.15, -0.1) is 0 Å². The van der Waals surface area contributed by atoms with Crippen molar-refractivity contribution >= 4 is 55.6 Å². The van der Waals surface area contributed by atoms with E-state index in [0.29, 0.717) is 77.4 Å². The smallest absolute Gasteiger partial charge is 0.246 e. The molecule has 13 nitrogen and oxygen atoms in total. The molecule has 5 aromatic rings. The van der Waals surface area contributed by atoms with Crippen LogP contribution in [0, 0.1) is 12.7 Å². The van der Waals surface area contributed by atoms with E-state index >= 15 is 4.39 Å². The van der Waals surface area contributed by atoms with Crippen LogP contribution in [0.15, 0.2) is 61.3 Å². The highest BCUT2D eigenvalue weighted by molar-refractivity contribution is 6.41. The molecule has 47 heavy (non-hydrogen) atoms. The van der Waals surface area contributed by atoms with Crippen molar-refractivity contribution in [3.8, 4) is 17.2 Å². The van der Waals surface area contributed by atoms with E-state index in [1.165, 1.54) is 18.7 Å². The molecule has 1 fully saturated rings. The maximum Gasteiger partial charge on any atom is 0.246 e. The SMILES string of the molecule is BC(B)(/C=C/C(=O)N1CCN2CC1COc1cc3ncnc(Nc4cc(C)c(Oc5ccn6ncnc6c5)cc4F)c3nc12)N(C)C. The summed E-state index contributed by atoms with van der Waals surface area (Å²) in [5.74, 6) is 1.89. The van der Waals surface area contributed by atoms with E-state index in [1.54, 1.807) is 35.0 Å². The topological polar surface area (TPSA) is 126 Å². The minimum Gasteiger partial charge on any atom is -0.487 e. The molecular weight excluding hydrogens is 601 g/mol. The average Bonchev–Trinajstić information content (AvgIpc) is 3.47. The highest BCUT2D eigenvalue weighted by Gasteiger charge is 2.35.